The van der Waals surface area contributed by atoms with Crippen LogP contribution in [0.15, 0.2) is 34.7 Å². The molecule has 0 bridgehead atoms. The van der Waals surface area contributed by atoms with Crippen LogP contribution < -0.4 is 16.2 Å². The number of carbonyl (C=O) groups is 1. The second-order valence-electron chi connectivity index (χ2n) is 12.5. The number of amides is 1. The summed E-state index contributed by atoms with van der Waals surface area (Å²) in [6.07, 6.45) is 2.99. The SMILES string of the molecule is CNc1nc(NNC(=O)c2ccc(Cc3cc4c(cc3C(C)C)C(C)(C)CCC4(C)C)o2)cc(C)c1C(C)=N. The predicted molar refractivity (Wildman–Crippen MR) is 159 cm³/mol. The van der Waals surface area contributed by atoms with Crippen LogP contribution in [0.2, 0.25) is 0 Å². The molecule has 1 aliphatic rings. The van der Waals surface area contributed by atoms with Gasteiger partial charge in [0, 0.05) is 24.7 Å². The third-order valence-corrected chi connectivity index (χ3v) is 8.12. The van der Waals surface area contributed by atoms with Crippen molar-refractivity contribution in [2.45, 2.75) is 91.4 Å². The van der Waals surface area contributed by atoms with Crippen LogP contribution in [0.3, 0.4) is 0 Å². The number of nitrogens with zero attached hydrogens (tertiary/aromatic N) is 1. The molecule has 0 saturated carbocycles. The van der Waals surface area contributed by atoms with Crippen LogP contribution in [0, 0.1) is 12.3 Å². The molecule has 0 fully saturated rings. The fourth-order valence-corrected chi connectivity index (χ4v) is 5.72. The topological polar surface area (TPSA) is 103 Å². The number of nitrogens with one attached hydrogen (secondary N) is 4. The van der Waals surface area contributed by atoms with Crippen LogP contribution in [-0.4, -0.2) is 23.7 Å². The van der Waals surface area contributed by atoms with Crippen LogP contribution >= 0.6 is 0 Å². The van der Waals surface area contributed by atoms with Crippen LogP contribution in [0.5, 0.6) is 0 Å². The van der Waals surface area contributed by atoms with Crippen LogP contribution in [0.4, 0.5) is 11.6 Å². The summed E-state index contributed by atoms with van der Waals surface area (Å²) in [5.74, 6) is 2.05. The number of hydrogen-bond donors (Lipinski definition) is 4. The van der Waals surface area contributed by atoms with Crippen molar-refractivity contribution >= 4 is 23.3 Å². The van der Waals surface area contributed by atoms with Crippen LogP contribution in [-0.2, 0) is 17.3 Å². The summed E-state index contributed by atoms with van der Waals surface area (Å²) < 4.78 is 6.02. The molecule has 0 spiro atoms. The van der Waals surface area contributed by atoms with E-state index in [9.17, 15) is 4.79 Å². The standard InChI is InChI=1S/C32H43N5O2/c1-18(2)23-17-25-24(31(5,6)12-13-32(25,7)8)16-21(23)15-22-10-11-26(39-22)30(38)37-36-27-14-19(3)28(20(4)33)29(34-9)35-27/h10-11,14,16-18,33H,12-13,15H2,1-9H3,(H,37,38)(H2,34,35,36). The van der Waals surface area contributed by atoms with Gasteiger partial charge in [0.05, 0.1) is 0 Å². The Morgan fingerprint density at radius 3 is 2.31 bits per heavy atom. The van der Waals surface area contributed by atoms with Crippen molar-refractivity contribution in [3.63, 3.8) is 0 Å². The first-order valence-corrected chi connectivity index (χ1v) is 13.8. The van der Waals surface area contributed by atoms with Gasteiger partial charge in [-0.1, -0.05) is 53.7 Å². The Labute approximate surface area is 232 Å². The molecule has 0 unspecified atom stereocenters. The Bertz CT molecular complexity index is 1410. The second kappa shape index (κ2) is 10.5. The largest absolute Gasteiger partial charge is 0.456 e. The van der Waals surface area contributed by atoms with E-state index >= 15 is 0 Å². The van der Waals surface area contributed by atoms with E-state index in [2.05, 4.69) is 74.8 Å². The average Bonchev–Trinajstić information content (AvgIpc) is 3.33. The molecule has 0 atom stereocenters. The molecule has 3 aromatic rings. The fourth-order valence-electron chi connectivity index (χ4n) is 5.72. The minimum absolute atomic E-state index is 0.129. The number of carbonyl (C=O) groups excluding carboxylic acids is 1. The molecule has 0 aliphatic heterocycles. The monoisotopic (exact) mass is 529 g/mol. The van der Waals surface area contributed by atoms with Crippen molar-refractivity contribution in [3.8, 4) is 0 Å². The maximum absolute atomic E-state index is 12.9. The lowest BCUT2D eigenvalue weighted by atomic mass is 9.62. The maximum atomic E-state index is 12.9. The normalized spacial score (nSPS) is 15.5. The molecule has 1 aromatic carbocycles. The molecule has 39 heavy (non-hydrogen) atoms. The zero-order chi connectivity index (χ0) is 28.7. The molecule has 0 saturated heterocycles. The molecule has 7 heteroatoms. The number of anilines is 2. The van der Waals surface area contributed by atoms with E-state index < -0.39 is 0 Å². The van der Waals surface area contributed by atoms with Crippen molar-refractivity contribution in [2.24, 2.45) is 0 Å². The Morgan fingerprint density at radius 2 is 1.72 bits per heavy atom. The number of hydrogen-bond acceptors (Lipinski definition) is 6. The van der Waals surface area contributed by atoms with Gasteiger partial charge in [-0.2, -0.15) is 0 Å². The highest BCUT2D eigenvalue weighted by Crippen LogP contribution is 2.47. The van der Waals surface area contributed by atoms with Gasteiger partial charge in [0.1, 0.15) is 17.4 Å². The number of rotatable bonds is 8. The van der Waals surface area contributed by atoms with E-state index in [1.165, 1.54) is 35.1 Å². The van der Waals surface area contributed by atoms with Gasteiger partial charge in [0.25, 0.3) is 0 Å². The number of fused-ring (bicyclic) bond motifs is 1. The van der Waals surface area contributed by atoms with Gasteiger partial charge in [-0.3, -0.25) is 15.6 Å². The summed E-state index contributed by atoms with van der Waals surface area (Å²) in [7, 11) is 1.76. The van der Waals surface area contributed by atoms with Gasteiger partial charge in [-0.15, -0.1) is 0 Å². The van der Waals surface area contributed by atoms with E-state index in [0.29, 0.717) is 29.7 Å². The van der Waals surface area contributed by atoms with Crippen LogP contribution in [0.1, 0.15) is 117 Å². The number of pyridine rings is 1. The minimum Gasteiger partial charge on any atom is -0.456 e. The Kier molecular flexibility index (Phi) is 7.66. The highest BCUT2D eigenvalue weighted by atomic mass is 16.4. The lowest BCUT2D eigenvalue weighted by molar-refractivity contribution is 0.0933. The number of benzene rings is 1. The molecule has 2 aromatic heterocycles. The molecule has 7 nitrogen and oxygen atoms in total. The summed E-state index contributed by atoms with van der Waals surface area (Å²) in [5.41, 5.74) is 13.4. The Hall–Kier alpha value is -3.61. The van der Waals surface area contributed by atoms with Crippen molar-refractivity contribution < 1.29 is 9.21 Å². The summed E-state index contributed by atoms with van der Waals surface area (Å²) in [6.45, 7) is 17.5. The molecule has 4 rings (SSSR count). The molecular weight excluding hydrogens is 486 g/mol. The molecule has 208 valence electrons. The average molecular weight is 530 g/mol. The van der Waals surface area contributed by atoms with Gasteiger partial charge in [-0.05, 0) is 89.5 Å². The zero-order valence-electron chi connectivity index (χ0n) is 24.8. The number of aryl methyl sites for hydroxylation is 1. The molecule has 4 N–H and O–H groups in total. The number of furan rings is 1. The van der Waals surface area contributed by atoms with E-state index in [-0.39, 0.29) is 22.5 Å². The lowest BCUT2D eigenvalue weighted by Crippen LogP contribution is -2.34. The highest BCUT2D eigenvalue weighted by molar-refractivity contribution is 6.02. The van der Waals surface area contributed by atoms with Crippen LogP contribution in [0.25, 0.3) is 0 Å². The smallest absolute Gasteiger partial charge is 0.305 e. The lowest BCUT2D eigenvalue weighted by Gasteiger charge is -2.42. The van der Waals surface area contributed by atoms with E-state index in [4.69, 9.17) is 9.83 Å². The summed E-state index contributed by atoms with van der Waals surface area (Å²) in [4.78, 5) is 17.4. The molecule has 0 radical (unpaired) electrons. The number of hydrazine groups is 1. The highest BCUT2D eigenvalue weighted by Gasteiger charge is 2.37. The van der Waals surface area contributed by atoms with Gasteiger partial charge in [0.2, 0.25) is 0 Å². The quantitative estimate of drug-likeness (QED) is 0.182. The summed E-state index contributed by atoms with van der Waals surface area (Å²) >= 11 is 0. The molecule has 1 amide bonds. The molecular formula is C32H43N5O2. The fraction of sp³-hybridized carbons (Fsp3) is 0.469. The van der Waals surface area contributed by atoms with Crippen molar-refractivity contribution in [1.82, 2.24) is 10.4 Å². The van der Waals surface area contributed by atoms with Crippen molar-refractivity contribution in [2.75, 3.05) is 17.8 Å². The van der Waals surface area contributed by atoms with Gasteiger partial charge < -0.3 is 15.1 Å². The summed E-state index contributed by atoms with van der Waals surface area (Å²) in [6, 6.07) is 10.2. The van der Waals surface area contributed by atoms with Gasteiger partial charge in [0.15, 0.2) is 5.76 Å². The van der Waals surface area contributed by atoms with E-state index in [1.54, 1.807) is 26.1 Å². The number of aromatic nitrogens is 1. The van der Waals surface area contributed by atoms with Crippen molar-refractivity contribution in [1.29, 1.82) is 5.41 Å². The van der Waals surface area contributed by atoms with Gasteiger partial charge in [-0.25, -0.2) is 4.98 Å². The first-order valence-electron chi connectivity index (χ1n) is 13.8. The molecule has 2 heterocycles. The van der Waals surface area contributed by atoms with Crippen molar-refractivity contribution in [3.05, 3.63) is 75.2 Å². The summed E-state index contributed by atoms with van der Waals surface area (Å²) in [5, 5.41) is 11.0. The second-order valence-corrected chi connectivity index (χ2v) is 12.5. The third kappa shape index (κ3) is 5.72. The van der Waals surface area contributed by atoms with E-state index in [0.717, 1.165) is 16.9 Å². The maximum Gasteiger partial charge on any atom is 0.305 e. The minimum atomic E-state index is -0.378. The molecule has 1 aliphatic carbocycles. The van der Waals surface area contributed by atoms with Gasteiger partial charge >= 0.3 is 5.91 Å². The predicted octanol–water partition coefficient (Wildman–Crippen LogP) is 7.23. The Morgan fingerprint density at radius 1 is 1.08 bits per heavy atom. The zero-order valence-corrected chi connectivity index (χ0v) is 24.8. The first-order chi connectivity index (χ1) is 18.2. The third-order valence-electron chi connectivity index (χ3n) is 8.12. The van der Waals surface area contributed by atoms with E-state index in [1.807, 2.05) is 13.0 Å². The Balaban J connectivity index is 1.54. The first kappa shape index (κ1) is 28.4.